The van der Waals surface area contributed by atoms with Gasteiger partial charge in [0, 0.05) is 16.8 Å². The maximum atomic E-state index is 12.4. The summed E-state index contributed by atoms with van der Waals surface area (Å²) >= 11 is 2.81. The maximum Gasteiger partial charge on any atom is 0.265 e. The van der Waals surface area contributed by atoms with Crippen molar-refractivity contribution in [2.75, 3.05) is 10.6 Å². The number of amides is 2. The highest BCUT2D eigenvalue weighted by atomic mass is 32.1. The second-order valence-corrected chi connectivity index (χ2v) is 8.10. The number of aryl methyl sites for hydroxylation is 1. The lowest BCUT2D eigenvalue weighted by atomic mass is 10.2. The lowest BCUT2D eigenvalue weighted by molar-refractivity contribution is -0.115. The number of hydrogen-bond donors (Lipinski definition) is 2. The molecule has 0 atom stereocenters. The topological polar surface area (TPSA) is 84.2 Å². The van der Waals surface area contributed by atoms with Crippen LogP contribution in [0.3, 0.4) is 0 Å². The van der Waals surface area contributed by atoms with Crippen molar-refractivity contribution < 1.29 is 14.0 Å². The van der Waals surface area contributed by atoms with E-state index in [0.29, 0.717) is 27.7 Å². The molecule has 1 aromatic carbocycles. The van der Waals surface area contributed by atoms with Crippen LogP contribution < -0.4 is 10.6 Å². The van der Waals surface area contributed by atoms with Gasteiger partial charge in [0.25, 0.3) is 5.91 Å². The van der Waals surface area contributed by atoms with E-state index in [1.807, 2.05) is 35.9 Å². The number of benzene rings is 1. The minimum absolute atomic E-state index is 0.155. The fraction of sp³-hybridized carbons (Fsp3) is 0.0952. The standard InChI is InChI=1S/C21H17N3O3S2/c1-13-7-8-17(27-13)21-24-16(12-29-21)11-19(25)22-14-4-2-5-15(10-14)23-20(26)18-6-3-9-28-18/h2-10,12H,11H2,1H3,(H,22,25)(H,23,26). The number of carbonyl (C=O) groups excluding carboxylic acids is 2. The van der Waals surface area contributed by atoms with Crippen molar-refractivity contribution in [1.82, 2.24) is 4.98 Å². The Morgan fingerprint density at radius 2 is 1.86 bits per heavy atom. The van der Waals surface area contributed by atoms with E-state index in [0.717, 1.165) is 10.8 Å². The molecule has 0 fully saturated rings. The number of aromatic nitrogens is 1. The van der Waals surface area contributed by atoms with Gasteiger partial charge >= 0.3 is 0 Å². The molecule has 4 rings (SSSR count). The van der Waals surface area contributed by atoms with Gasteiger partial charge in [-0.2, -0.15) is 0 Å². The number of hydrogen-bond acceptors (Lipinski definition) is 6. The molecular formula is C21H17N3O3S2. The van der Waals surface area contributed by atoms with E-state index in [2.05, 4.69) is 15.6 Å². The highest BCUT2D eigenvalue weighted by Crippen LogP contribution is 2.26. The summed E-state index contributed by atoms with van der Waals surface area (Å²) in [5, 5.41) is 10.1. The van der Waals surface area contributed by atoms with E-state index in [1.54, 1.807) is 30.3 Å². The first-order valence-corrected chi connectivity index (χ1v) is 10.6. The van der Waals surface area contributed by atoms with Gasteiger partial charge in [-0.15, -0.1) is 22.7 Å². The van der Waals surface area contributed by atoms with E-state index in [-0.39, 0.29) is 18.2 Å². The van der Waals surface area contributed by atoms with E-state index >= 15 is 0 Å². The molecule has 0 saturated carbocycles. The molecule has 3 aromatic heterocycles. The summed E-state index contributed by atoms with van der Waals surface area (Å²) in [6.07, 6.45) is 0.155. The Balaban J connectivity index is 1.37. The molecule has 6 nitrogen and oxygen atoms in total. The van der Waals surface area contributed by atoms with Gasteiger partial charge in [0.15, 0.2) is 10.8 Å². The Kier molecular flexibility index (Phi) is 5.55. The minimum Gasteiger partial charge on any atom is -0.459 e. The van der Waals surface area contributed by atoms with Crippen LogP contribution in [-0.2, 0) is 11.2 Å². The van der Waals surface area contributed by atoms with Crippen LogP contribution in [0.5, 0.6) is 0 Å². The zero-order valence-corrected chi connectivity index (χ0v) is 17.1. The van der Waals surface area contributed by atoms with Crippen molar-refractivity contribution in [2.45, 2.75) is 13.3 Å². The van der Waals surface area contributed by atoms with Gasteiger partial charge in [0.2, 0.25) is 5.91 Å². The molecule has 8 heteroatoms. The summed E-state index contributed by atoms with van der Waals surface area (Å²) in [5.74, 6) is 1.17. The molecule has 0 aliphatic carbocycles. The van der Waals surface area contributed by atoms with Crippen molar-refractivity contribution in [3.63, 3.8) is 0 Å². The van der Waals surface area contributed by atoms with E-state index in [4.69, 9.17) is 4.42 Å². The number of furan rings is 1. The van der Waals surface area contributed by atoms with E-state index in [9.17, 15) is 9.59 Å². The molecule has 3 heterocycles. The molecule has 2 N–H and O–H groups in total. The molecule has 2 amide bonds. The first kappa shape index (κ1) is 19.1. The number of nitrogens with one attached hydrogen (secondary N) is 2. The Labute approximate surface area is 175 Å². The van der Waals surface area contributed by atoms with Gasteiger partial charge in [-0.05, 0) is 48.7 Å². The third-order valence-corrected chi connectivity index (χ3v) is 5.77. The quantitative estimate of drug-likeness (QED) is 0.446. The van der Waals surface area contributed by atoms with E-state index in [1.165, 1.54) is 22.7 Å². The van der Waals surface area contributed by atoms with E-state index < -0.39 is 0 Å². The molecular weight excluding hydrogens is 406 g/mol. The van der Waals surface area contributed by atoms with Gasteiger partial charge in [0.05, 0.1) is 17.0 Å². The van der Waals surface area contributed by atoms with Crippen LogP contribution in [0.2, 0.25) is 0 Å². The van der Waals surface area contributed by atoms with Gasteiger partial charge < -0.3 is 15.1 Å². The monoisotopic (exact) mass is 423 g/mol. The van der Waals surface area contributed by atoms with Crippen molar-refractivity contribution in [3.05, 3.63) is 75.6 Å². The summed E-state index contributed by atoms with van der Waals surface area (Å²) in [6, 6.07) is 14.4. The van der Waals surface area contributed by atoms with Crippen LogP contribution in [0, 0.1) is 6.92 Å². The van der Waals surface area contributed by atoms with Gasteiger partial charge in [-0.1, -0.05) is 12.1 Å². The molecule has 4 aromatic rings. The van der Waals surface area contributed by atoms with Crippen LogP contribution in [0.25, 0.3) is 10.8 Å². The molecule has 29 heavy (non-hydrogen) atoms. The molecule has 0 unspecified atom stereocenters. The predicted molar refractivity (Wildman–Crippen MR) is 116 cm³/mol. The fourth-order valence-corrected chi connectivity index (χ4v) is 4.09. The van der Waals surface area contributed by atoms with Crippen molar-refractivity contribution in [3.8, 4) is 10.8 Å². The van der Waals surface area contributed by atoms with Crippen LogP contribution in [0.1, 0.15) is 21.1 Å². The van der Waals surface area contributed by atoms with Crippen LogP contribution in [-0.4, -0.2) is 16.8 Å². The number of thiophene rings is 1. The molecule has 0 saturated heterocycles. The van der Waals surface area contributed by atoms with Gasteiger partial charge in [-0.25, -0.2) is 4.98 Å². The minimum atomic E-state index is -0.181. The summed E-state index contributed by atoms with van der Waals surface area (Å²) in [4.78, 5) is 29.7. The zero-order valence-electron chi connectivity index (χ0n) is 15.5. The van der Waals surface area contributed by atoms with Gasteiger partial charge in [-0.3, -0.25) is 9.59 Å². The maximum absolute atomic E-state index is 12.4. The molecule has 0 aliphatic rings. The van der Waals surface area contributed by atoms with Crippen molar-refractivity contribution in [2.24, 2.45) is 0 Å². The Morgan fingerprint density at radius 1 is 1.03 bits per heavy atom. The molecule has 0 bridgehead atoms. The third-order valence-electron chi connectivity index (χ3n) is 3.99. The first-order valence-electron chi connectivity index (χ1n) is 8.83. The fourth-order valence-electron chi connectivity index (χ4n) is 2.70. The molecule has 0 aliphatic heterocycles. The molecule has 0 radical (unpaired) electrons. The zero-order chi connectivity index (χ0) is 20.2. The first-order chi connectivity index (χ1) is 14.1. The number of thiazole rings is 1. The summed E-state index contributed by atoms with van der Waals surface area (Å²) in [7, 11) is 0. The van der Waals surface area contributed by atoms with Gasteiger partial charge in [0.1, 0.15) is 5.76 Å². The number of rotatable bonds is 6. The molecule has 0 spiro atoms. The average molecular weight is 424 g/mol. The Bertz CT molecular complexity index is 1150. The van der Waals surface area contributed by atoms with Crippen molar-refractivity contribution >= 4 is 45.9 Å². The normalized spacial score (nSPS) is 10.7. The number of carbonyl (C=O) groups is 2. The SMILES string of the molecule is Cc1ccc(-c2nc(CC(=O)Nc3cccc(NC(=O)c4cccs4)c3)cs2)o1. The van der Waals surface area contributed by atoms with Crippen molar-refractivity contribution in [1.29, 1.82) is 0 Å². The second-order valence-electron chi connectivity index (χ2n) is 6.29. The van der Waals surface area contributed by atoms with Crippen LogP contribution in [0.15, 0.2) is 63.7 Å². The Morgan fingerprint density at radius 3 is 2.59 bits per heavy atom. The highest BCUT2D eigenvalue weighted by Gasteiger charge is 2.12. The lowest BCUT2D eigenvalue weighted by Gasteiger charge is -2.08. The predicted octanol–water partition coefficient (Wildman–Crippen LogP) is 5.21. The third kappa shape index (κ3) is 4.79. The highest BCUT2D eigenvalue weighted by molar-refractivity contribution is 7.13. The van der Waals surface area contributed by atoms with Crippen LogP contribution >= 0.6 is 22.7 Å². The second kappa shape index (κ2) is 8.42. The summed E-state index contributed by atoms with van der Waals surface area (Å²) in [5.41, 5.74) is 1.90. The van der Waals surface area contributed by atoms with Crippen LogP contribution in [0.4, 0.5) is 11.4 Å². The summed E-state index contributed by atoms with van der Waals surface area (Å²) in [6.45, 7) is 1.88. The largest absolute Gasteiger partial charge is 0.459 e. The lowest BCUT2D eigenvalue weighted by Crippen LogP contribution is -2.15. The number of anilines is 2. The molecule has 146 valence electrons. The number of nitrogens with zero attached hydrogens (tertiary/aromatic N) is 1. The summed E-state index contributed by atoms with van der Waals surface area (Å²) < 4.78 is 5.57. The Hall–Kier alpha value is -3.23. The smallest absolute Gasteiger partial charge is 0.265 e. The average Bonchev–Trinajstić information content (AvgIpc) is 3.43.